The van der Waals surface area contributed by atoms with Crippen LogP contribution in [-0.4, -0.2) is 14.2 Å². The lowest BCUT2D eigenvalue weighted by Crippen LogP contribution is -2.45. The summed E-state index contributed by atoms with van der Waals surface area (Å²) in [7, 11) is 3.25. The van der Waals surface area contributed by atoms with E-state index in [1.54, 1.807) is 14.2 Å². The summed E-state index contributed by atoms with van der Waals surface area (Å²) in [6, 6.07) is 0. The normalized spacial score (nSPS) is 44.3. The molecule has 0 aromatic heterocycles. The molecule has 0 aliphatic heterocycles. The summed E-state index contributed by atoms with van der Waals surface area (Å²) in [5.41, 5.74) is 0.888. The minimum absolute atomic E-state index is 0.888. The fraction of sp³-hybridized carbons (Fsp3) is 1.00. The van der Waals surface area contributed by atoms with E-state index in [0.29, 0.717) is 0 Å². The fourth-order valence-corrected chi connectivity index (χ4v) is 4.48. The van der Waals surface area contributed by atoms with Crippen molar-refractivity contribution in [3.8, 4) is 0 Å². The van der Waals surface area contributed by atoms with Gasteiger partial charge in [-0.1, -0.05) is 27.7 Å². The lowest BCUT2D eigenvalue weighted by Gasteiger charge is -2.56. The van der Waals surface area contributed by atoms with Gasteiger partial charge in [0.25, 0.3) is 0 Å². The maximum Gasteiger partial charge on any atom is 0.0351 e. The Labute approximate surface area is 115 Å². The SMILES string of the molecule is CC1CC(C)C1.CC1CC2(C1)CC(C)C2.COC. The molecule has 3 aliphatic carbocycles. The first-order valence-corrected chi connectivity index (χ1v) is 7.81. The van der Waals surface area contributed by atoms with Gasteiger partial charge in [-0.15, -0.1) is 0 Å². The van der Waals surface area contributed by atoms with Crippen LogP contribution in [0.25, 0.3) is 0 Å². The molecule has 0 N–H and O–H groups in total. The Morgan fingerprint density at radius 2 is 0.944 bits per heavy atom. The molecule has 1 spiro atoms. The van der Waals surface area contributed by atoms with Crippen molar-refractivity contribution in [2.45, 2.75) is 66.2 Å². The second-order valence-corrected chi connectivity index (χ2v) is 7.62. The monoisotopic (exact) mass is 254 g/mol. The van der Waals surface area contributed by atoms with Crippen LogP contribution in [0.4, 0.5) is 0 Å². The molecule has 0 aromatic carbocycles. The van der Waals surface area contributed by atoms with E-state index in [1.165, 1.54) is 38.5 Å². The Kier molecular flexibility index (Phi) is 6.17. The molecule has 0 amide bonds. The van der Waals surface area contributed by atoms with Gasteiger partial charge in [-0.05, 0) is 67.6 Å². The molecule has 0 atom stereocenters. The molecule has 0 saturated heterocycles. The highest BCUT2D eigenvalue weighted by Crippen LogP contribution is 2.60. The maximum atomic E-state index is 4.25. The zero-order valence-electron chi connectivity index (χ0n) is 13.5. The number of rotatable bonds is 0. The predicted octanol–water partition coefficient (Wildman–Crippen LogP) is 5.15. The van der Waals surface area contributed by atoms with Crippen LogP contribution in [0.1, 0.15) is 66.2 Å². The number of hydrogen-bond acceptors (Lipinski definition) is 1. The van der Waals surface area contributed by atoms with E-state index in [2.05, 4.69) is 32.4 Å². The van der Waals surface area contributed by atoms with Gasteiger partial charge >= 0.3 is 0 Å². The third kappa shape index (κ3) is 4.57. The molecule has 1 heteroatoms. The molecule has 3 rings (SSSR count). The van der Waals surface area contributed by atoms with Gasteiger partial charge in [-0.3, -0.25) is 0 Å². The van der Waals surface area contributed by atoms with Crippen molar-refractivity contribution in [2.24, 2.45) is 29.1 Å². The maximum absolute atomic E-state index is 4.25. The summed E-state index contributed by atoms with van der Waals surface area (Å²) < 4.78 is 4.25. The fourth-order valence-electron chi connectivity index (χ4n) is 4.48. The third-order valence-electron chi connectivity index (χ3n) is 4.74. The highest BCUT2D eigenvalue weighted by molar-refractivity contribution is 5.00. The lowest BCUT2D eigenvalue weighted by atomic mass is 9.49. The molecule has 0 radical (unpaired) electrons. The number of methoxy groups -OCH3 is 1. The van der Waals surface area contributed by atoms with E-state index in [9.17, 15) is 0 Å². The van der Waals surface area contributed by atoms with Gasteiger partial charge in [0, 0.05) is 14.2 Å². The first-order valence-electron chi connectivity index (χ1n) is 7.81. The summed E-state index contributed by atoms with van der Waals surface area (Å²) in [6.45, 7) is 9.41. The van der Waals surface area contributed by atoms with Gasteiger partial charge in [0.15, 0.2) is 0 Å². The van der Waals surface area contributed by atoms with E-state index >= 15 is 0 Å². The molecule has 3 saturated carbocycles. The second-order valence-electron chi connectivity index (χ2n) is 7.62. The van der Waals surface area contributed by atoms with Gasteiger partial charge in [0.05, 0.1) is 0 Å². The minimum atomic E-state index is 0.888. The van der Waals surface area contributed by atoms with E-state index in [0.717, 1.165) is 29.1 Å². The van der Waals surface area contributed by atoms with Crippen LogP contribution >= 0.6 is 0 Å². The van der Waals surface area contributed by atoms with Gasteiger partial charge in [-0.25, -0.2) is 0 Å². The molecule has 0 unspecified atom stereocenters. The molecule has 3 aliphatic rings. The van der Waals surface area contributed by atoms with Crippen LogP contribution in [0, 0.1) is 29.1 Å². The first kappa shape index (κ1) is 16.0. The standard InChI is InChI=1S/C9H16.C6H12.C2H6O/c1-7-3-9(4-7)5-8(2)6-9;1-5-3-6(2)4-5;1-3-2/h7-8H,3-6H2,1-2H3;5-6H,3-4H2,1-2H3;1-2H3. The average molecular weight is 254 g/mol. The molecule has 0 heterocycles. The van der Waals surface area contributed by atoms with Crippen LogP contribution in [0.3, 0.4) is 0 Å². The molecule has 0 bridgehead atoms. The Morgan fingerprint density at radius 3 is 1.06 bits per heavy atom. The molecule has 18 heavy (non-hydrogen) atoms. The van der Waals surface area contributed by atoms with E-state index in [-0.39, 0.29) is 0 Å². The highest BCUT2D eigenvalue weighted by Gasteiger charge is 2.49. The van der Waals surface area contributed by atoms with Crippen LogP contribution in [-0.2, 0) is 4.74 Å². The summed E-state index contributed by atoms with van der Waals surface area (Å²) >= 11 is 0. The van der Waals surface area contributed by atoms with E-state index in [4.69, 9.17) is 0 Å². The smallest absolute Gasteiger partial charge is 0.0351 e. The first-order chi connectivity index (χ1) is 8.40. The Balaban J connectivity index is 0.000000157. The van der Waals surface area contributed by atoms with Crippen molar-refractivity contribution in [1.82, 2.24) is 0 Å². The summed E-state index contributed by atoms with van der Waals surface area (Å²) in [5, 5.41) is 0. The topological polar surface area (TPSA) is 9.23 Å². The highest BCUT2D eigenvalue weighted by atomic mass is 16.4. The zero-order valence-corrected chi connectivity index (χ0v) is 13.5. The summed E-state index contributed by atoms with van der Waals surface area (Å²) in [5.74, 6) is 4.19. The largest absolute Gasteiger partial charge is 0.388 e. The van der Waals surface area contributed by atoms with Crippen molar-refractivity contribution in [1.29, 1.82) is 0 Å². The second kappa shape index (κ2) is 6.93. The molecule has 1 nitrogen and oxygen atoms in total. The lowest BCUT2D eigenvalue weighted by molar-refractivity contribution is -0.0549. The van der Waals surface area contributed by atoms with Gasteiger partial charge in [0.2, 0.25) is 0 Å². The quantitative estimate of drug-likeness (QED) is 0.581. The Bertz CT molecular complexity index is 192. The number of ether oxygens (including phenoxy) is 1. The third-order valence-corrected chi connectivity index (χ3v) is 4.74. The van der Waals surface area contributed by atoms with E-state index in [1.807, 2.05) is 0 Å². The minimum Gasteiger partial charge on any atom is -0.388 e. The summed E-state index contributed by atoms with van der Waals surface area (Å²) in [4.78, 5) is 0. The molecular formula is C17H34O. The average Bonchev–Trinajstić information content (AvgIpc) is 2.13. The Hall–Kier alpha value is -0.0400. The van der Waals surface area contributed by atoms with Crippen LogP contribution in [0.15, 0.2) is 0 Å². The molecule has 3 fully saturated rings. The van der Waals surface area contributed by atoms with Crippen LogP contribution in [0.2, 0.25) is 0 Å². The van der Waals surface area contributed by atoms with E-state index < -0.39 is 0 Å². The van der Waals surface area contributed by atoms with Crippen molar-refractivity contribution < 1.29 is 4.74 Å². The van der Waals surface area contributed by atoms with Crippen LogP contribution in [0.5, 0.6) is 0 Å². The van der Waals surface area contributed by atoms with Gasteiger partial charge in [0.1, 0.15) is 0 Å². The van der Waals surface area contributed by atoms with Gasteiger partial charge < -0.3 is 4.74 Å². The van der Waals surface area contributed by atoms with Crippen molar-refractivity contribution in [3.63, 3.8) is 0 Å². The Morgan fingerprint density at radius 1 is 0.667 bits per heavy atom. The molecule has 0 aromatic rings. The van der Waals surface area contributed by atoms with Crippen molar-refractivity contribution in [3.05, 3.63) is 0 Å². The van der Waals surface area contributed by atoms with Crippen LogP contribution < -0.4 is 0 Å². The predicted molar refractivity (Wildman–Crippen MR) is 79.7 cm³/mol. The van der Waals surface area contributed by atoms with Crippen molar-refractivity contribution >= 4 is 0 Å². The van der Waals surface area contributed by atoms with Crippen molar-refractivity contribution in [2.75, 3.05) is 14.2 Å². The van der Waals surface area contributed by atoms with Gasteiger partial charge in [-0.2, -0.15) is 0 Å². The summed E-state index contributed by atoms with van der Waals surface area (Å²) in [6.07, 6.45) is 9.10. The molecular weight excluding hydrogens is 220 g/mol. The number of hydrogen-bond donors (Lipinski definition) is 0. The zero-order chi connectivity index (χ0) is 13.8. The molecule has 108 valence electrons.